The minimum Gasteiger partial charge on any atom is -0.372 e. The third-order valence-corrected chi connectivity index (χ3v) is 3.18. The molecular weight excluding hydrogens is 273 g/mol. The number of carbonyl (C=O) groups excluding carboxylic acids is 1. The van der Waals surface area contributed by atoms with Crippen LogP contribution >= 0.6 is 0 Å². The Morgan fingerprint density at radius 1 is 1.45 bits per heavy atom. The van der Waals surface area contributed by atoms with Gasteiger partial charge in [0.1, 0.15) is 6.61 Å². The van der Waals surface area contributed by atoms with Gasteiger partial charge in [-0.15, -0.1) is 0 Å². The Bertz CT molecular complexity index is 292. The Morgan fingerprint density at radius 2 is 2.20 bits per heavy atom. The highest BCUT2D eigenvalue weighted by atomic mass is 19.4. The fraction of sp³-hybridized carbons (Fsp3) is 0.923. The van der Waals surface area contributed by atoms with E-state index in [1.165, 1.54) is 0 Å². The number of amides is 1. The molecule has 1 rings (SSSR count). The lowest BCUT2D eigenvalue weighted by atomic mass is 10.2. The van der Waals surface area contributed by atoms with Crippen molar-refractivity contribution < 1.29 is 22.7 Å². The van der Waals surface area contributed by atoms with Crippen molar-refractivity contribution in [3.63, 3.8) is 0 Å². The molecule has 1 atom stereocenters. The Balaban J connectivity index is 2.28. The number of alkyl halides is 3. The lowest BCUT2D eigenvalue weighted by Gasteiger charge is -2.25. The van der Waals surface area contributed by atoms with Crippen LogP contribution in [0.4, 0.5) is 13.2 Å². The van der Waals surface area contributed by atoms with Crippen LogP contribution in [0.25, 0.3) is 0 Å². The zero-order chi connectivity index (χ0) is 15.0. The van der Waals surface area contributed by atoms with Crippen LogP contribution in [0.15, 0.2) is 0 Å². The number of halogens is 3. The van der Waals surface area contributed by atoms with E-state index in [1.54, 1.807) is 4.90 Å². The van der Waals surface area contributed by atoms with Gasteiger partial charge in [0.15, 0.2) is 0 Å². The van der Waals surface area contributed by atoms with Gasteiger partial charge in [-0.25, -0.2) is 0 Å². The number of ether oxygens (including phenoxy) is 1. The minimum atomic E-state index is -4.33. The highest BCUT2D eigenvalue weighted by Gasteiger charge is 2.27. The minimum absolute atomic E-state index is 0.00278. The van der Waals surface area contributed by atoms with E-state index < -0.39 is 12.8 Å². The van der Waals surface area contributed by atoms with Crippen molar-refractivity contribution >= 4 is 5.91 Å². The molecular formula is C13H23F3N2O2. The first-order valence-electron chi connectivity index (χ1n) is 7.08. The van der Waals surface area contributed by atoms with Crippen molar-refractivity contribution in [1.29, 1.82) is 0 Å². The van der Waals surface area contributed by atoms with Crippen molar-refractivity contribution in [2.45, 2.75) is 44.8 Å². The first-order chi connectivity index (χ1) is 9.42. The quantitative estimate of drug-likeness (QED) is 0.696. The number of rotatable bonds is 8. The first kappa shape index (κ1) is 17.2. The second kappa shape index (κ2) is 8.46. The van der Waals surface area contributed by atoms with E-state index >= 15 is 0 Å². The Labute approximate surface area is 117 Å². The first-order valence-corrected chi connectivity index (χ1v) is 7.08. The van der Waals surface area contributed by atoms with Crippen molar-refractivity contribution in [1.82, 2.24) is 10.2 Å². The van der Waals surface area contributed by atoms with Crippen molar-refractivity contribution in [2.24, 2.45) is 0 Å². The summed E-state index contributed by atoms with van der Waals surface area (Å²) in [5, 5.41) is 3.31. The largest absolute Gasteiger partial charge is 0.411 e. The standard InChI is InChI=1S/C13H23F3N2O2/c1-2-7-18(9-11-4-3-6-17-11)12(19)5-8-20-10-13(14,15)16/h11,17H,2-10H2,1H3. The number of carbonyl (C=O) groups is 1. The lowest BCUT2D eigenvalue weighted by Crippen LogP contribution is -2.41. The molecule has 1 unspecified atom stereocenters. The van der Waals surface area contributed by atoms with E-state index in [4.69, 9.17) is 0 Å². The van der Waals surface area contributed by atoms with Crippen LogP contribution in [0.3, 0.4) is 0 Å². The lowest BCUT2D eigenvalue weighted by molar-refractivity contribution is -0.175. The third kappa shape index (κ3) is 7.09. The van der Waals surface area contributed by atoms with Gasteiger partial charge in [0.25, 0.3) is 0 Å². The molecule has 0 aromatic carbocycles. The van der Waals surface area contributed by atoms with E-state index in [-0.39, 0.29) is 18.9 Å². The monoisotopic (exact) mass is 296 g/mol. The Morgan fingerprint density at radius 3 is 2.75 bits per heavy atom. The maximum Gasteiger partial charge on any atom is 0.411 e. The van der Waals surface area contributed by atoms with E-state index in [2.05, 4.69) is 10.1 Å². The average Bonchev–Trinajstić information content (AvgIpc) is 2.85. The molecule has 1 fully saturated rings. The predicted molar refractivity (Wildman–Crippen MR) is 69.4 cm³/mol. The van der Waals surface area contributed by atoms with Gasteiger partial charge in [0, 0.05) is 19.1 Å². The average molecular weight is 296 g/mol. The molecule has 20 heavy (non-hydrogen) atoms. The smallest absolute Gasteiger partial charge is 0.372 e. The van der Waals surface area contributed by atoms with E-state index in [9.17, 15) is 18.0 Å². The van der Waals surface area contributed by atoms with Gasteiger partial charge in [0.05, 0.1) is 13.0 Å². The van der Waals surface area contributed by atoms with Crippen LogP contribution in [0, 0.1) is 0 Å². The zero-order valence-electron chi connectivity index (χ0n) is 11.8. The summed E-state index contributed by atoms with van der Waals surface area (Å²) >= 11 is 0. The van der Waals surface area contributed by atoms with Crippen molar-refractivity contribution in [2.75, 3.05) is 32.8 Å². The number of nitrogens with zero attached hydrogens (tertiary/aromatic N) is 1. The van der Waals surface area contributed by atoms with Crippen molar-refractivity contribution in [3.05, 3.63) is 0 Å². The van der Waals surface area contributed by atoms with Gasteiger partial charge in [-0.2, -0.15) is 13.2 Å². The van der Waals surface area contributed by atoms with Gasteiger partial charge in [-0.3, -0.25) is 4.79 Å². The van der Waals surface area contributed by atoms with Gasteiger partial charge in [-0.05, 0) is 25.8 Å². The van der Waals surface area contributed by atoms with Gasteiger partial charge >= 0.3 is 6.18 Å². The molecule has 0 aromatic heterocycles. The van der Waals surface area contributed by atoms with Crippen LogP contribution < -0.4 is 5.32 Å². The molecule has 1 heterocycles. The molecule has 0 spiro atoms. The molecule has 0 radical (unpaired) electrons. The van der Waals surface area contributed by atoms with E-state index in [0.717, 1.165) is 25.8 Å². The Kier molecular flexibility index (Phi) is 7.29. The summed E-state index contributed by atoms with van der Waals surface area (Å²) in [4.78, 5) is 13.7. The zero-order valence-corrected chi connectivity index (χ0v) is 11.8. The molecule has 0 bridgehead atoms. The van der Waals surface area contributed by atoms with Crippen LogP contribution in [0.1, 0.15) is 32.6 Å². The fourth-order valence-electron chi connectivity index (χ4n) is 2.27. The molecule has 4 nitrogen and oxygen atoms in total. The number of nitrogens with one attached hydrogen (secondary N) is 1. The summed E-state index contributed by atoms with van der Waals surface area (Å²) in [5.74, 6) is -0.136. The van der Waals surface area contributed by atoms with Gasteiger partial charge in [0.2, 0.25) is 5.91 Å². The third-order valence-electron chi connectivity index (χ3n) is 3.18. The highest BCUT2D eigenvalue weighted by molar-refractivity contribution is 5.76. The SMILES string of the molecule is CCCN(CC1CCCN1)C(=O)CCOCC(F)(F)F. The van der Waals surface area contributed by atoms with E-state index in [0.29, 0.717) is 19.1 Å². The molecule has 1 aliphatic rings. The van der Waals surface area contributed by atoms with E-state index in [1.807, 2.05) is 6.92 Å². The predicted octanol–water partition coefficient (Wildman–Crippen LogP) is 1.95. The summed E-state index contributed by atoms with van der Waals surface area (Å²) < 4.78 is 40.2. The van der Waals surface area contributed by atoms with Gasteiger partial charge < -0.3 is 15.0 Å². The summed E-state index contributed by atoms with van der Waals surface area (Å²) in [6.45, 7) is 2.73. The van der Waals surface area contributed by atoms with Crippen LogP contribution in [0.2, 0.25) is 0 Å². The molecule has 0 saturated carbocycles. The fourth-order valence-corrected chi connectivity index (χ4v) is 2.27. The molecule has 1 amide bonds. The summed E-state index contributed by atoms with van der Waals surface area (Å²) in [6, 6.07) is 0.307. The maximum absolute atomic E-state index is 12.0. The summed E-state index contributed by atoms with van der Waals surface area (Å²) in [5.41, 5.74) is 0. The highest BCUT2D eigenvalue weighted by Crippen LogP contribution is 2.14. The second-order valence-electron chi connectivity index (χ2n) is 5.05. The number of hydrogen-bond acceptors (Lipinski definition) is 3. The topological polar surface area (TPSA) is 41.6 Å². The van der Waals surface area contributed by atoms with Crippen molar-refractivity contribution in [3.8, 4) is 0 Å². The Hall–Kier alpha value is -0.820. The maximum atomic E-state index is 12.0. The molecule has 118 valence electrons. The molecule has 1 N–H and O–H groups in total. The van der Waals surface area contributed by atoms with Crippen LogP contribution in [-0.4, -0.2) is 55.9 Å². The number of hydrogen-bond donors (Lipinski definition) is 1. The van der Waals surface area contributed by atoms with Crippen LogP contribution in [-0.2, 0) is 9.53 Å². The summed E-state index contributed by atoms with van der Waals surface area (Å²) in [7, 11) is 0. The normalized spacial score (nSPS) is 19.3. The second-order valence-corrected chi connectivity index (χ2v) is 5.05. The van der Waals surface area contributed by atoms with Crippen LogP contribution in [0.5, 0.6) is 0 Å². The molecule has 1 aliphatic heterocycles. The summed E-state index contributed by atoms with van der Waals surface area (Å²) in [6.07, 6.45) is -1.35. The molecule has 7 heteroatoms. The van der Waals surface area contributed by atoms with Gasteiger partial charge in [-0.1, -0.05) is 6.92 Å². The molecule has 0 aliphatic carbocycles. The molecule has 1 saturated heterocycles. The molecule has 0 aromatic rings.